The van der Waals surface area contributed by atoms with E-state index in [1.807, 2.05) is 10.3 Å². The van der Waals surface area contributed by atoms with Crippen LogP contribution in [-0.2, 0) is 16.0 Å². The van der Waals surface area contributed by atoms with Gasteiger partial charge in [-0.1, -0.05) is 12.8 Å². The zero-order valence-corrected chi connectivity index (χ0v) is 18.2. The Labute approximate surface area is 185 Å². The molecule has 0 radical (unpaired) electrons. The molecule has 3 heterocycles. The third-order valence-electron chi connectivity index (χ3n) is 5.50. The van der Waals surface area contributed by atoms with Crippen LogP contribution < -0.4 is 15.5 Å². The Bertz CT molecular complexity index is 935. The molecule has 2 N–H and O–H groups in total. The number of likely N-dealkylation sites (tertiary alicyclic amines) is 1. The van der Waals surface area contributed by atoms with E-state index < -0.39 is 0 Å². The van der Waals surface area contributed by atoms with Crippen molar-refractivity contribution >= 4 is 45.7 Å². The number of urea groups is 1. The van der Waals surface area contributed by atoms with Gasteiger partial charge in [0.15, 0.2) is 5.13 Å². The van der Waals surface area contributed by atoms with Crippen LogP contribution in [0, 0.1) is 0 Å². The number of carbonyl (C=O) groups is 3. The molecule has 0 spiro atoms. The van der Waals surface area contributed by atoms with Crippen molar-refractivity contribution in [1.82, 2.24) is 9.88 Å². The molecular formula is C22H27N5O3S. The molecule has 8 nitrogen and oxygen atoms in total. The molecule has 2 aliphatic rings. The largest absolute Gasteiger partial charge is 0.326 e. The monoisotopic (exact) mass is 441 g/mol. The molecule has 4 amide bonds. The predicted octanol–water partition coefficient (Wildman–Crippen LogP) is 3.86. The van der Waals surface area contributed by atoms with Crippen LogP contribution in [0.15, 0.2) is 29.6 Å². The van der Waals surface area contributed by atoms with Gasteiger partial charge in [0, 0.05) is 42.8 Å². The van der Waals surface area contributed by atoms with Crippen molar-refractivity contribution in [3.05, 3.63) is 35.3 Å². The minimum atomic E-state index is -0.175. The highest BCUT2D eigenvalue weighted by atomic mass is 32.1. The van der Waals surface area contributed by atoms with Gasteiger partial charge in [-0.25, -0.2) is 9.78 Å². The first kappa shape index (κ1) is 21.3. The average molecular weight is 442 g/mol. The van der Waals surface area contributed by atoms with Crippen molar-refractivity contribution in [2.75, 3.05) is 35.2 Å². The Morgan fingerprint density at radius 1 is 0.935 bits per heavy atom. The fraction of sp³-hybridized carbons (Fsp3) is 0.455. The lowest BCUT2D eigenvalue weighted by molar-refractivity contribution is -0.117. The maximum atomic E-state index is 12.4. The molecule has 0 saturated carbocycles. The molecule has 1 aromatic heterocycles. The summed E-state index contributed by atoms with van der Waals surface area (Å²) in [6, 6.07) is 7.03. The molecule has 0 aliphatic carbocycles. The summed E-state index contributed by atoms with van der Waals surface area (Å²) in [5, 5.41) is 8.26. The number of aromatic nitrogens is 1. The van der Waals surface area contributed by atoms with Gasteiger partial charge in [-0.3, -0.25) is 14.5 Å². The first-order chi connectivity index (χ1) is 15.1. The SMILES string of the molecule is O=C(Cc1csc(N2CCCC2=O)n1)Nc1ccc(NC(=O)N2CCCCCC2)cc1. The summed E-state index contributed by atoms with van der Waals surface area (Å²) in [6.45, 7) is 2.28. The Morgan fingerprint density at radius 2 is 1.61 bits per heavy atom. The maximum absolute atomic E-state index is 12.4. The third-order valence-corrected chi connectivity index (χ3v) is 6.41. The Balaban J connectivity index is 1.27. The Hall–Kier alpha value is -2.94. The zero-order valence-electron chi connectivity index (χ0n) is 17.4. The molecule has 2 fully saturated rings. The number of carbonyl (C=O) groups excluding carboxylic acids is 3. The van der Waals surface area contributed by atoms with E-state index in [1.54, 1.807) is 29.2 Å². The van der Waals surface area contributed by atoms with Crippen molar-refractivity contribution < 1.29 is 14.4 Å². The number of nitrogens with one attached hydrogen (secondary N) is 2. The first-order valence-corrected chi connectivity index (χ1v) is 11.7. The topological polar surface area (TPSA) is 94.6 Å². The van der Waals surface area contributed by atoms with E-state index in [9.17, 15) is 14.4 Å². The van der Waals surface area contributed by atoms with Crippen molar-refractivity contribution in [2.45, 2.75) is 44.9 Å². The van der Waals surface area contributed by atoms with Gasteiger partial charge in [-0.15, -0.1) is 11.3 Å². The summed E-state index contributed by atoms with van der Waals surface area (Å²) in [5.41, 5.74) is 2.01. The van der Waals surface area contributed by atoms with Gasteiger partial charge in [-0.2, -0.15) is 0 Å². The van der Waals surface area contributed by atoms with Gasteiger partial charge >= 0.3 is 6.03 Å². The Kier molecular flexibility index (Phi) is 6.81. The number of hydrogen-bond acceptors (Lipinski definition) is 5. The molecule has 9 heteroatoms. The summed E-state index contributed by atoms with van der Waals surface area (Å²) in [4.78, 5) is 44.6. The predicted molar refractivity (Wildman–Crippen MR) is 122 cm³/mol. The Morgan fingerprint density at radius 3 is 2.26 bits per heavy atom. The fourth-order valence-corrected chi connectivity index (χ4v) is 4.70. The second-order valence-corrected chi connectivity index (χ2v) is 8.74. The van der Waals surface area contributed by atoms with Gasteiger partial charge < -0.3 is 15.5 Å². The standard InChI is InChI=1S/C22H27N5O3S/c28-19(14-18-15-31-22(25-18)27-13-5-6-20(27)29)23-16-7-9-17(10-8-16)24-21(30)26-11-3-1-2-4-12-26/h7-10,15H,1-6,11-14H2,(H,23,28)(H,24,30). The zero-order chi connectivity index (χ0) is 21.6. The maximum Gasteiger partial charge on any atom is 0.321 e. The van der Waals surface area contributed by atoms with Crippen LogP contribution in [0.2, 0.25) is 0 Å². The lowest BCUT2D eigenvalue weighted by Gasteiger charge is -2.20. The molecule has 4 rings (SSSR count). The molecule has 31 heavy (non-hydrogen) atoms. The van der Waals surface area contributed by atoms with Crippen molar-refractivity contribution in [3.63, 3.8) is 0 Å². The lowest BCUT2D eigenvalue weighted by atomic mass is 10.2. The highest BCUT2D eigenvalue weighted by molar-refractivity contribution is 7.14. The van der Waals surface area contributed by atoms with Gasteiger partial charge in [0.1, 0.15) is 0 Å². The number of nitrogens with zero attached hydrogens (tertiary/aromatic N) is 3. The van der Waals surface area contributed by atoms with Crippen LogP contribution in [0.5, 0.6) is 0 Å². The summed E-state index contributed by atoms with van der Waals surface area (Å²) in [5.74, 6) is -0.0840. The van der Waals surface area contributed by atoms with E-state index in [1.165, 1.54) is 24.2 Å². The van der Waals surface area contributed by atoms with E-state index >= 15 is 0 Å². The number of thiazole rings is 1. The molecule has 0 atom stereocenters. The molecule has 2 aliphatic heterocycles. The van der Waals surface area contributed by atoms with E-state index in [0.29, 0.717) is 35.2 Å². The molecule has 164 valence electrons. The summed E-state index contributed by atoms with van der Waals surface area (Å²) >= 11 is 1.39. The highest BCUT2D eigenvalue weighted by Crippen LogP contribution is 2.25. The minimum Gasteiger partial charge on any atom is -0.326 e. The molecule has 1 aromatic carbocycles. The molecule has 0 unspecified atom stereocenters. The van der Waals surface area contributed by atoms with Crippen LogP contribution in [-0.4, -0.2) is 47.4 Å². The number of rotatable bonds is 5. The van der Waals surface area contributed by atoms with Crippen molar-refractivity contribution in [1.29, 1.82) is 0 Å². The number of hydrogen-bond donors (Lipinski definition) is 2. The third kappa shape index (κ3) is 5.61. The average Bonchev–Trinajstić information content (AvgIpc) is 3.28. The van der Waals surface area contributed by atoms with E-state index in [2.05, 4.69) is 15.6 Å². The van der Waals surface area contributed by atoms with Crippen molar-refractivity contribution in [3.8, 4) is 0 Å². The number of anilines is 3. The second kappa shape index (κ2) is 9.91. The van der Waals surface area contributed by atoms with Crippen molar-refractivity contribution in [2.24, 2.45) is 0 Å². The molecule has 2 saturated heterocycles. The number of benzene rings is 1. The summed E-state index contributed by atoms with van der Waals surface area (Å²) < 4.78 is 0. The fourth-order valence-electron chi connectivity index (χ4n) is 3.83. The van der Waals surface area contributed by atoms with Gasteiger partial charge in [0.05, 0.1) is 12.1 Å². The van der Waals surface area contributed by atoms with Crippen LogP contribution in [0.25, 0.3) is 0 Å². The molecule has 0 bridgehead atoms. The smallest absolute Gasteiger partial charge is 0.321 e. The number of amides is 4. The van der Waals surface area contributed by atoms with Gasteiger partial charge in [0.25, 0.3) is 0 Å². The van der Waals surface area contributed by atoms with E-state index in [4.69, 9.17) is 0 Å². The van der Waals surface area contributed by atoms with Crippen LogP contribution in [0.4, 0.5) is 21.3 Å². The molecular weight excluding hydrogens is 414 g/mol. The first-order valence-electron chi connectivity index (χ1n) is 10.8. The van der Waals surface area contributed by atoms with E-state index in [0.717, 1.165) is 32.4 Å². The second-order valence-electron chi connectivity index (χ2n) is 7.90. The minimum absolute atomic E-state index is 0.0745. The normalized spacial score (nSPS) is 16.8. The van der Waals surface area contributed by atoms with Crippen LogP contribution >= 0.6 is 11.3 Å². The van der Waals surface area contributed by atoms with Crippen LogP contribution in [0.3, 0.4) is 0 Å². The van der Waals surface area contributed by atoms with E-state index in [-0.39, 0.29) is 24.3 Å². The van der Waals surface area contributed by atoms with Crippen LogP contribution in [0.1, 0.15) is 44.2 Å². The highest BCUT2D eigenvalue weighted by Gasteiger charge is 2.24. The molecule has 2 aromatic rings. The van der Waals surface area contributed by atoms with Gasteiger partial charge in [-0.05, 0) is 43.5 Å². The quantitative estimate of drug-likeness (QED) is 0.737. The lowest BCUT2D eigenvalue weighted by Crippen LogP contribution is -2.35. The summed E-state index contributed by atoms with van der Waals surface area (Å²) in [7, 11) is 0. The van der Waals surface area contributed by atoms with Gasteiger partial charge in [0.2, 0.25) is 11.8 Å². The summed E-state index contributed by atoms with van der Waals surface area (Å²) in [6.07, 6.45) is 6.01.